The van der Waals surface area contributed by atoms with Crippen molar-refractivity contribution in [2.45, 2.75) is 69.4 Å². The summed E-state index contributed by atoms with van der Waals surface area (Å²) in [5.74, 6) is 1.13. The van der Waals surface area contributed by atoms with Crippen LogP contribution in [-0.2, 0) is 14.6 Å². The molecule has 2 atom stereocenters. The van der Waals surface area contributed by atoms with Crippen molar-refractivity contribution in [2.24, 2.45) is 10.9 Å². The first-order valence-corrected chi connectivity index (χ1v) is 13.2. The summed E-state index contributed by atoms with van der Waals surface area (Å²) in [7, 11) is -3.39. The van der Waals surface area contributed by atoms with Gasteiger partial charge in [-0.3, -0.25) is 9.79 Å². The van der Waals surface area contributed by atoms with E-state index in [1.165, 1.54) is 0 Å². The van der Waals surface area contributed by atoms with Crippen molar-refractivity contribution in [3.8, 4) is 0 Å². The zero-order valence-corrected chi connectivity index (χ0v) is 22.3. The predicted molar refractivity (Wildman–Crippen MR) is 139 cm³/mol. The topological polar surface area (TPSA) is 90.9 Å². The van der Waals surface area contributed by atoms with E-state index in [1.807, 2.05) is 24.8 Å². The van der Waals surface area contributed by atoms with Gasteiger partial charge >= 0.3 is 0 Å². The Morgan fingerprint density at radius 3 is 2.47 bits per heavy atom. The Hall–Kier alpha value is -1.36. The minimum atomic E-state index is -3.39. The van der Waals surface area contributed by atoms with E-state index in [1.54, 1.807) is 24.3 Å². The molecule has 0 radical (unpaired) electrons. The minimum Gasteiger partial charge on any atom is -0.353 e. The van der Waals surface area contributed by atoms with Crippen LogP contribution >= 0.6 is 24.0 Å². The second-order valence-corrected chi connectivity index (χ2v) is 10.6. The Morgan fingerprint density at radius 2 is 1.84 bits per heavy atom. The monoisotopic (exact) mass is 576 g/mol. The van der Waals surface area contributed by atoms with Crippen molar-refractivity contribution in [3.63, 3.8) is 0 Å². The van der Waals surface area contributed by atoms with Crippen LogP contribution in [-0.4, -0.2) is 62.7 Å². The standard InChI is InChI=1S/C23H36N4O3S.HI/c1-3-19(17-31(29,30)21-12-6-5-7-13-21)25-23(24-4-2)26-20-14-15-27(16-20)22(28)18-10-8-9-11-18;/h5-7,12-13,18-20H,3-4,8-11,14-17H2,1-2H3,(H2,24,25,26);1H. The molecule has 180 valence electrons. The van der Waals surface area contributed by atoms with Gasteiger partial charge in [-0.05, 0) is 44.7 Å². The minimum absolute atomic E-state index is 0. The molecule has 1 saturated carbocycles. The highest BCUT2D eigenvalue weighted by Gasteiger charge is 2.32. The molecule has 1 heterocycles. The van der Waals surface area contributed by atoms with Crippen LogP contribution in [0.5, 0.6) is 0 Å². The molecule has 1 aliphatic heterocycles. The van der Waals surface area contributed by atoms with E-state index in [9.17, 15) is 13.2 Å². The summed E-state index contributed by atoms with van der Waals surface area (Å²) in [5.41, 5.74) is 0. The SMILES string of the molecule is CCN=C(NC1CCN(C(=O)C2CCCC2)C1)NC(CC)CS(=O)(=O)c1ccccc1.I. The summed E-state index contributed by atoms with van der Waals surface area (Å²) < 4.78 is 25.6. The molecule has 0 aromatic heterocycles. The second-order valence-electron chi connectivity index (χ2n) is 8.56. The molecule has 0 bridgehead atoms. The summed E-state index contributed by atoms with van der Waals surface area (Å²) in [6, 6.07) is 8.45. The van der Waals surface area contributed by atoms with E-state index in [4.69, 9.17) is 0 Å². The lowest BCUT2D eigenvalue weighted by Gasteiger charge is -2.24. The maximum Gasteiger partial charge on any atom is 0.225 e. The molecule has 1 amide bonds. The summed E-state index contributed by atoms with van der Waals surface area (Å²) >= 11 is 0. The highest BCUT2D eigenvalue weighted by atomic mass is 127. The number of rotatable bonds is 8. The average Bonchev–Trinajstić information content (AvgIpc) is 3.46. The van der Waals surface area contributed by atoms with Crippen LogP contribution in [0.15, 0.2) is 40.2 Å². The number of nitrogens with zero attached hydrogens (tertiary/aromatic N) is 2. The van der Waals surface area contributed by atoms with Gasteiger partial charge in [0.2, 0.25) is 5.91 Å². The van der Waals surface area contributed by atoms with Crippen molar-refractivity contribution in [3.05, 3.63) is 30.3 Å². The molecule has 1 aromatic carbocycles. The molecule has 1 aliphatic carbocycles. The summed E-state index contributed by atoms with van der Waals surface area (Å²) in [4.78, 5) is 19.5. The molecule has 2 fully saturated rings. The Balaban J connectivity index is 0.00000363. The number of halogens is 1. The van der Waals surface area contributed by atoms with Gasteiger partial charge in [0.25, 0.3) is 0 Å². The number of likely N-dealkylation sites (tertiary alicyclic amines) is 1. The molecule has 2 unspecified atom stereocenters. The number of carbonyl (C=O) groups is 1. The third-order valence-electron chi connectivity index (χ3n) is 6.22. The summed E-state index contributed by atoms with van der Waals surface area (Å²) in [6.45, 7) is 5.97. The van der Waals surface area contributed by atoms with E-state index >= 15 is 0 Å². The lowest BCUT2D eigenvalue weighted by molar-refractivity contribution is -0.134. The molecule has 0 spiro atoms. The van der Waals surface area contributed by atoms with E-state index in [0.29, 0.717) is 36.3 Å². The largest absolute Gasteiger partial charge is 0.353 e. The van der Waals surface area contributed by atoms with Crippen molar-refractivity contribution < 1.29 is 13.2 Å². The second kappa shape index (κ2) is 12.8. The molecular weight excluding hydrogens is 539 g/mol. The van der Waals surface area contributed by atoms with Crippen LogP contribution in [0.1, 0.15) is 52.4 Å². The fourth-order valence-electron chi connectivity index (χ4n) is 4.44. The van der Waals surface area contributed by atoms with Crippen LogP contribution in [0.4, 0.5) is 0 Å². The lowest BCUT2D eigenvalue weighted by atomic mass is 10.1. The smallest absolute Gasteiger partial charge is 0.225 e. The third kappa shape index (κ3) is 7.33. The van der Waals surface area contributed by atoms with Gasteiger partial charge in [-0.2, -0.15) is 0 Å². The molecule has 2 N–H and O–H groups in total. The van der Waals surface area contributed by atoms with Crippen LogP contribution in [0.25, 0.3) is 0 Å². The number of guanidine groups is 1. The van der Waals surface area contributed by atoms with Gasteiger partial charge in [-0.15, -0.1) is 24.0 Å². The predicted octanol–water partition coefficient (Wildman–Crippen LogP) is 3.20. The fraction of sp³-hybridized carbons (Fsp3) is 0.652. The quantitative estimate of drug-likeness (QED) is 0.282. The normalized spacial score (nSPS) is 20.6. The lowest BCUT2D eigenvalue weighted by Crippen LogP contribution is -2.50. The van der Waals surface area contributed by atoms with Gasteiger partial charge in [0.05, 0.1) is 10.6 Å². The first kappa shape index (κ1) is 26.9. The molecule has 1 aromatic rings. The highest BCUT2D eigenvalue weighted by Crippen LogP contribution is 2.27. The number of benzene rings is 1. The van der Waals surface area contributed by atoms with Crippen LogP contribution in [0.3, 0.4) is 0 Å². The Morgan fingerprint density at radius 1 is 1.16 bits per heavy atom. The van der Waals surface area contributed by atoms with E-state index in [-0.39, 0.29) is 47.7 Å². The Labute approximate surface area is 209 Å². The maximum absolute atomic E-state index is 12.8. The molecular formula is C23H37IN4O3S. The fourth-order valence-corrected chi connectivity index (χ4v) is 6.05. The molecule has 32 heavy (non-hydrogen) atoms. The Bertz CT molecular complexity index is 857. The zero-order chi connectivity index (χ0) is 22.3. The van der Waals surface area contributed by atoms with E-state index in [0.717, 1.165) is 38.6 Å². The maximum atomic E-state index is 12.8. The number of amides is 1. The number of nitrogens with one attached hydrogen (secondary N) is 2. The zero-order valence-electron chi connectivity index (χ0n) is 19.1. The van der Waals surface area contributed by atoms with Crippen molar-refractivity contribution in [1.82, 2.24) is 15.5 Å². The van der Waals surface area contributed by atoms with Crippen molar-refractivity contribution in [2.75, 3.05) is 25.4 Å². The molecule has 3 rings (SSSR count). The van der Waals surface area contributed by atoms with Gasteiger partial charge in [0.1, 0.15) is 0 Å². The number of hydrogen-bond acceptors (Lipinski definition) is 4. The molecule has 9 heteroatoms. The van der Waals surface area contributed by atoms with Crippen molar-refractivity contribution in [1.29, 1.82) is 0 Å². The highest BCUT2D eigenvalue weighted by molar-refractivity contribution is 14.0. The van der Waals surface area contributed by atoms with Crippen LogP contribution in [0, 0.1) is 5.92 Å². The summed E-state index contributed by atoms with van der Waals surface area (Å²) in [6.07, 6.45) is 5.90. The van der Waals surface area contributed by atoms with Crippen LogP contribution < -0.4 is 10.6 Å². The Kier molecular flexibility index (Phi) is 10.7. The molecule has 7 nitrogen and oxygen atoms in total. The van der Waals surface area contributed by atoms with Gasteiger partial charge < -0.3 is 15.5 Å². The average molecular weight is 577 g/mol. The third-order valence-corrected chi connectivity index (χ3v) is 8.05. The summed E-state index contributed by atoms with van der Waals surface area (Å²) in [5, 5.41) is 6.75. The first-order valence-electron chi connectivity index (χ1n) is 11.6. The van der Waals surface area contributed by atoms with Gasteiger partial charge in [0, 0.05) is 37.6 Å². The number of sulfone groups is 1. The number of hydrogen-bond donors (Lipinski definition) is 2. The molecule has 1 saturated heterocycles. The van der Waals surface area contributed by atoms with E-state index in [2.05, 4.69) is 15.6 Å². The first-order chi connectivity index (χ1) is 14.9. The van der Waals surface area contributed by atoms with Gasteiger partial charge in [-0.25, -0.2) is 8.42 Å². The number of aliphatic imine (C=N–C) groups is 1. The molecule has 2 aliphatic rings. The van der Waals surface area contributed by atoms with Gasteiger partial charge in [0.15, 0.2) is 15.8 Å². The van der Waals surface area contributed by atoms with Crippen molar-refractivity contribution >= 4 is 45.7 Å². The van der Waals surface area contributed by atoms with Crippen LogP contribution in [0.2, 0.25) is 0 Å². The van der Waals surface area contributed by atoms with Gasteiger partial charge in [-0.1, -0.05) is 38.0 Å². The van der Waals surface area contributed by atoms with E-state index < -0.39 is 9.84 Å². The number of carbonyl (C=O) groups excluding carboxylic acids is 1.